The highest BCUT2D eigenvalue weighted by molar-refractivity contribution is 7.92. The van der Waals surface area contributed by atoms with Gasteiger partial charge in [0.2, 0.25) is 0 Å². The number of amides is 1. The van der Waals surface area contributed by atoms with Gasteiger partial charge in [-0.05, 0) is 56.3 Å². The Morgan fingerprint density at radius 3 is 2.48 bits per heavy atom. The third-order valence-electron chi connectivity index (χ3n) is 5.06. The topological polar surface area (TPSA) is 88.6 Å². The molecule has 0 spiro atoms. The van der Waals surface area contributed by atoms with E-state index in [9.17, 15) is 17.6 Å². The molecule has 1 amide bonds. The summed E-state index contributed by atoms with van der Waals surface area (Å²) in [5, 5.41) is 0.112. The number of aromatic nitrogens is 1. The summed E-state index contributed by atoms with van der Waals surface area (Å²) in [5.74, 6) is -0.196. The minimum Gasteiger partial charge on any atom is -0.496 e. The van der Waals surface area contributed by atoms with Gasteiger partial charge in [0.25, 0.3) is 15.9 Å². The van der Waals surface area contributed by atoms with Crippen molar-refractivity contribution in [2.75, 3.05) is 18.9 Å². The Bertz CT molecular complexity index is 1300. The van der Waals surface area contributed by atoms with E-state index in [1.54, 1.807) is 20.4 Å². The number of nitrogens with one attached hydrogen (secondary N) is 1. The largest absolute Gasteiger partial charge is 0.496 e. The lowest BCUT2D eigenvalue weighted by atomic mass is 10.1. The van der Waals surface area contributed by atoms with Crippen LogP contribution < -0.4 is 9.46 Å². The fraction of sp³-hybridized carbons (Fsp3) is 0.217. The van der Waals surface area contributed by atoms with Gasteiger partial charge in [0.15, 0.2) is 0 Å². The number of ether oxygens (including phenoxy) is 1. The Morgan fingerprint density at radius 1 is 1.18 bits per heavy atom. The summed E-state index contributed by atoms with van der Waals surface area (Å²) >= 11 is 6.16. The summed E-state index contributed by atoms with van der Waals surface area (Å²) in [6, 6.07) is 8.66. The molecule has 0 aliphatic carbocycles. The first kappa shape index (κ1) is 24.5. The molecule has 1 heterocycles. The predicted molar refractivity (Wildman–Crippen MR) is 125 cm³/mol. The molecule has 1 aromatic heterocycles. The second kappa shape index (κ2) is 9.76. The van der Waals surface area contributed by atoms with Crippen molar-refractivity contribution < 1.29 is 22.3 Å². The van der Waals surface area contributed by atoms with Crippen LogP contribution in [0.3, 0.4) is 0 Å². The number of hydrogen-bond donors (Lipinski definition) is 1. The molecule has 0 bridgehead atoms. The molecule has 1 N–H and O–H groups in total. The first-order valence-corrected chi connectivity index (χ1v) is 11.7. The minimum atomic E-state index is -4.03. The van der Waals surface area contributed by atoms with E-state index in [0.717, 1.165) is 35.4 Å². The SMILES string of the molecule is COc1c(C)cnc(CN(C)C(=O)c2ccc(Cl)c(NS(=O)(=O)c3ccc(F)cc3)c2)c1C. The lowest BCUT2D eigenvalue weighted by molar-refractivity contribution is 0.0783. The van der Waals surface area contributed by atoms with E-state index in [0.29, 0.717) is 11.4 Å². The van der Waals surface area contributed by atoms with Crippen molar-refractivity contribution in [3.63, 3.8) is 0 Å². The van der Waals surface area contributed by atoms with Gasteiger partial charge in [0.1, 0.15) is 11.6 Å². The number of methoxy groups -OCH3 is 1. The highest BCUT2D eigenvalue weighted by atomic mass is 35.5. The van der Waals surface area contributed by atoms with Gasteiger partial charge >= 0.3 is 0 Å². The van der Waals surface area contributed by atoms with Gasteiger partial charge in [-0.25, -0.2) is 12.8 Å². The fourth-order valence-corrected chi connectivity index (χ4v) is 4.59. The van der Waals surface area contributed by atoms with Crippen molar-refractivity contribution >= 4 is 33.2 Å². The molecule has 10 heteroatoms. The lowest BCUT2D eigenvalue weighted by Crippen LogP contribution is -2.27. The zero-order chi connectivity index (χ0) is 24.3. The molecule has 0 atom stereocenters. The highest BCUT2D eigenvalue weighted by Gasteiger charge is 2.20. The van der Waals surface area contributed by atoms with Gasteiger partial charge in [0.05, 0.1) is 35.0 Å². The molecule has 0 saturated heterocycles. The van der Waals surface area contributed by atoms with Crippen LogP contribution in [0.25, 0.3) is 0 Å². The number of pyridine rings is 1. The van der Waals surface area contributed by atoms with Crippen molar-refractivity contribution in [2.24, 2.45) is 0 Å². The molecule has 2 aromatic carbocycles. The minimum absolute atomic E-state index is 0.0338. The average molecular weight is 492 g/mol. The maximum atomic E-state index is 13.1. The van der Waals surface area contributed by atoms with Crippen molar-refractivity contribution in [3.8, 4) is 5.75 Å². The Labute approximate surface area is 197 Å². The lowest BCUT2D eigenvalue weighted by Gasteiger charge is -2.20. The average Bonchev–Trinajstić information content (AvgIpc) is 2.77. The van der Waals surface area contributed by atoms with Crippen molar-refractivity contribution in [3.05, 3.63) is 81.9 Å². The van der Waals surface area contributed by atoms with Crippen molar-refractivity contribution in [2.45, 2.75) is 25.3 Å². The molecule has 0 saturated carbocycles. The Kier molecular flexibility index (Phi) is 7.24. The summed E-state index contributed by atoms with van der Waals surface area (Å²) in [6.45, 7) is 3.98. The molecule has 33 heavy (non-hydrogen) atoms. The standard InChI is InChI=1S/C23H23ClFN3O4S/c1-14-12-26-21(15(2)22(14)32-4)13-28(3)23(29)16-5-10-19(24)20(11-16)27-33(30,31)18-8-6-17(25)7-9-18/h5-12,27H,13H2,1-4H3. The van der Waals surface area contributed by atoms with E-state index in [4.69, 9.17) is 16.3 Å². The maximum Gasteiger partial charge on any atom is 0.261 e. The molecule has 0 unspecified atom stereocenters. The Balaban J connectivity index is 1.84. The van der Waals surface area contributed by atoms with E-state index >= 15 is 0 Å². The molecule has 0 aliphatic rings. The monoisotopic (exact) mass is 491 g/mol. The summed E-state index contributed by atoms with van der Waals surface area (Å²) in [5.41, 5.74) is 2.67. The second-order valence-corrected chi connectivity index (χ2v) is 9.55. The van der Waals surface area contributed by atoms with E-state index < -0.39 is 15.8 Å². The van der Waals surface area contributed by atoms with E-state index in [2.05, 4.69) is 9.71 Å². The summed E-state index contributed by atoms with van der Waals surface area (Å²) in [6.07, 6.45) is 1.68. The van der Waals surface area contributed by atoms with Crippen LogP contribution in [0.5, 0.6) is 5.75 Å². The first-order valence-electron chi connectivity index (χ1n) is 9.86. The number of anilines is 1. The van der Waals surface area contributed by atoms with Crippen LogP contribution in [0, 0.1) is 19.7 Å². The van der Waals surface area contributed by atoms with Gasteiger partial charge in [-0.2, -0.15) is 0 Å². The zero-order valence-corrected chi connectivity index (χ0v) is 20.1. The van der Waals surface area contributed by atoms with Crippen LogP contribution >= 0.6 is 11.6 Å². The van der Waals surface area contributed by atoms with Crippen LogP contribution in [0.1, 0.15) is 27.2 Å². The Morgan fingerprint density at radius 2 is 1.85 bits per heavy atom. The summed E-state index contributed by atoms with van der Waals surface area (Å²) in [4.78, 5) is 18.8. The number of nitrogens with zero attached hydrogens (tertiary/aromatic N) is 2. The number of carbonyl (C=O) groups is 1. The zero-order valence-electron chi connectivity index (χ0n) is 18.5. The number of halogens is 2. The third kappa shape index (κ3) is 5.43. The fourth-order valence-electron chi connectivity index (χ4n) is 3.30. The van der Waals surface area contributed by atoms with Crippen LogP contribution in [0.4, 0.5) is 10.1 Å². The van der Waals surface area contributed by atoms with Crippen LogP contribution in [0.2, 0.25) is 5.02 Å². The number of aryl methyl sites for hydroxylation is 1. The maximum absolute atomic E-state index is 13.1. The third-order valence-corrected chi connectivity index (χ3v) is 6.78. The van der Waals surface area contributed by atoms with Crippen molar-refractivity contribution in [1.82, 2.24) is 9.88 Å². The van der Waals surface area contributed by atoms with Crippen LogP contribution in [0.15, 0.2) is 53.6 Å². The van der Waals surface area contributed by atoms with E-state index in [1.165, 1.54) is 23.1 Å². The van der Waals surface area contributed by atoms with E-state index in [-0.39, 0.29) is 33.6 Å². The summed E-state index contributed by atoms with van der Waals surface area (Å²) < 4.78 is 46.2. The van der Waals surface area contributed by atoms with Crippen molar-refractivity contribution in [1.29, 1.82) is 0 Å². The van der Waals surface area contributed by atoms with Gasteiger partial charge in [-0.1, -0.05) is 11.6 Å². The number of rotatable bonds is 7. The Hall–Kier alpha value is -3.17. The first-order chi connectivity index (χ1) is 15.5. The van der Waals surface area contributed by atoms with Crippen LogP contribution in [-0.2, 0) is 16.6 Å². The number of carbonyl (C=O) groups excluding carboxylic acids is 1. The molecule has 0 radical (unpaired) electrons. The van der Waals surface area contributed by atoms with Gasteiger partial charge in [0, 0.05) is 29.9 Å². The number of hydrogen-bond acceptors (Lipinski definition) is 5. The molecule has 7 nitrogen and oxygen atoms in total. The van der Waals surface area contributed by atoms with E-state index in [1.807, 2.05) is 13.8 Å². The molecular weight excluding hydrogens is 469 g/mol. The normalized spacial score (nSPS) is 11.2. The van der Waals surface area contributed by atoms with Crippen LogP contribution in [-0.4, -0.2) is 38.4 Å². The molecule has 174 valence electrons. The molecule has 3 rings (SSSR count). The number of sulfonamides is 1. The molecule has 0 aliphatic heterocycles. The van der Waals surface area contributed by atoms with Gasteiger partial charge < -0.3 is 9.64 Å². The molecular formula is C23H23ClFN3O4S. The summed E-state index contributed by atoms with van der Waals surface area (Å²) in [7, 11) is -0.834. The number of benzene rings is 2. The van der Waals surface area contributed by atoms with Gasteiger partial charge in [-0.3, -0.25) is 14.5 Å². The molecule has 3 aromatic rings. The highest BCUT2D eigenvalue weighted by Crippen LogP contribution is 2.28. The molecule has 0 fully saturated rings. The quantitative estimate of drug-likeness (QED) is 0.523. The smallest absolute Gasteiger partial charge is 0.261 e. The predicted octanol–water partition coefficient (Wildman–Crippen LogP) is 4.57. The van der Waals surface area contributed by atoms with Gasteiger partial charge in [-0.15, -0.1) is 0 Å². The second-order valence-electron chi connectivity index (χ2n) is 7.46.